The van der Waals surface area contributed by atoms with E-state index in [9.17, 15) is 4.79 Å². The van der Waals surface area contributed by atoms with E-state index in [0.717, 1.165) is 49.1 Å². The van der Waals surface area contributed by atoms with Crippen LogP contribution < -0.4 is 10.6 Å². The first-order valence-electron chi connectivity index (χ1n) is 13.0. The van der Waals surface area contributed by atoms with Crippen molar-refractivity contribution in [1.29, 1.82) is 0 Å². The van der Waals surface area contributed by atoms with Crippen LogP contribution in [-0.2, 0) is 10.3 Å². The molecule has 1 amide bonds. The summed E-state index contributed by atoms with van der Waals surface area (Å²) in [5.74, 6) is 0.801. The van der Waals surface area contributed by atoms with Gasteiger partial charge < -0.3 is 15.5 Å². The SMILES string of the molecule is C/C=C(C)/C(C(=O)NC(CC)(CC)c1ccccc1)=C(/NC(CC)/C1=C/C/C=C\C=C/C1)N(C)C. The fourth-order valence-corrected chi connectivity index (χ4v) is 4.64. The van der Waals surface area contributed by atoms with Crippen LogP contribution in [0.25, 0.3) is 0 Å². The number of carbonyl (C=O) groups excluding carboxylic acids is 1. The molecule has 4 heteroatoms. The summed E-state index contributed by atoms with van der Waals surface area (Å²) in [6, 6.07) is 10.5. The lowest BCUT2D eigenvalue weighted by atomic mass is 9.84. The van der Waals surface area contributed by atoms with Crippen LogP contribution in [0.3, 0.4) is 0 Å². The molecule has 1 aromatic rings. The molecule has 190 valence electrons. The molecule has 1 atom stereocenters. The van der Waals surface area contributed by atoms with E-state index in [1.54, 1.807) is 0 Å². The average molecular weight is 476 g/mol. The molecule has 1 aliphatic rings. The summed E-state index contributed by atoms with van der Waals surface area (Å²) in [4.78, 5) is 16.1. The first kappa shape index (κ1) is 28.2. The Hall–Kier alpha value is -3.01. The van der Waals surface area contributed by atoms with Crippen molar-refractivity contribution < 1.29 is 4.79 Å². The number of hydrogen-bond acceptors (Lipinski definition) is 3. The summed E-state index contributed by atoms with van der Waals surface area (Å²) in [6.45, 7) is 10.5. The quantitative estimate of drug-likeness (QED) is 0.211. The number of rotatable bonds is 11. The molecular weight excluding hydrogens is 430 g/mol. The second-order valence-corrected chi connectivity index (χ2v) is 9.38. The van der Waals surface area contributed by atoms with E-state index in [2.05, 4.69) is 73.9 Å². The Labute approximate surface area is 213 Å². The lowest BCUT2D eigenvalue weighted by molar-refractivity contribution is -0.119. The van der Waals surface area contributed by atoms with Crippen LogP contribution in [0.4, 0.5) is 0 Å². The minimum atomic E-state index is -0.418. The third-order valence-electron chi connectivity index (χ3n) is 7.04. The van der Waals surface area contributed by atoms with E-state index in [1.165, 1.54) is 5.57 Å². The van der Waals surface area contributed by atoms with Gasteiger partial charge in [0.25, 0.3) is 5.91 Å². The summed E-state index contributed by atoms with van der Waals surface area (Å²) < 4.78 is 0. The molecule has 35 heavy (non-hydrogen) atoms. The van der Waals surface area contributed by atoms with Crippen LogP contribution in [0, 0.1) is 0 Å². The van der Waals surface area contributed by atoms with Gasteiger partial charge in [-0.15, -0.1) is 0 Å². The maximum absolute atomic E-state index is 14.0. The molecule has 0 bridgehead atoms. The number of nitrogens with one attached hydrogen (secondary N) is 2. The fraction of sp³-hybridized carbons (Fsp3) is 0.452. The van der Waals surface area contributed by atoms with Gasteiger partial charge in [0.2, 0.25) is 0 Å². The molecule has 1 unspecified atom stereocenters. The Morgan fingerprint density at radius 3 is 2.31 bits per heavy atom. The lowest BCUT2D eigenvalue weighted by Gasteiger charge is -2.35. The highest BCUT2D eigenvalue weighted by atomic mass is 16.2. The zero-order chi connectivity index (χ0) is 25.8. The molecule has 0 saturated heterocycles. The van der Waals surface area contributed by atoms with Gasteiger partial charge in [0.15, 0.2) is 0 Å². The standard InChI is InChI=1S/C31H45N3O/c1-8-24(5)28(30(35)33-31(10-3,11-4)26-22-18-15-19-23-26)29(34(6)7)32-27(9-2)25-20-16-13-12-14-17-21-25/h8,12-16,18-19,21-23,27,32H,9-11,17,20H2,1-7H3,(H,33,35)/b14-12-,16-13-,24-8+,25-21+,29-28+. The molecule has 0 aliphatic heterocycles. The van der Waals surface area contributed by atoms with Crippen LogP contribution in [0.1, 0.15) is 72.3 Å². The number of benzene rings is 1. The molecule has 1 aromatic carbocycles. The predicted octanol–water partition coefficient (Wildman–Crippen LogP) is 6.76. The van der Waals surface area contributed by atoms with Crippen molar-refractivity contribution in [3.63, 3.8) is 0 Å². The van der Waals surface area contributed by atoms with Gasteiger partial charge in [-0.1, -0.05) is 87.6 Å². The highest BCUT2D eigenvalue weighted by molar-refractivity contribution is 5.98. The van der Waals surface area contributed by atoms with Crippen molar-refractivity contribution in [2.45, 2.75) is 78.3 Å². The largest absolute Gasteiger partial charge is 0.365 e. The van der Waals surface area contributed by atoms with E-state index < -0.39 is 5.54 Å². The van der Waals surface area contributed by atoms with Crippen LogP contribution in [0.2, 0.25) is 0 Å². The van der Waals surface area contributed by atoms with E-state index in [4.69, 9.17) is 0 Å². The first-order valence-corrected chi connectivity index (χ1v) is 13.0. The van der Waals surface area contributed by atoms with Gasteiger partial charge in [-0.2, -0.15) is 0 Å². The van der Waals surface area contributed by atoms with Crippen LogP contribution in [-0.4, -0.2) is 30.9 Å². The summed E-state index contributed by atoms with van der Waals surface area (Å²) in [5, 5.41) is 7.20. The van der Waals surface area contributed by atoms with Gasteiger partial charge in [0.1, 0.15) is 5.82 Å². The molecule has 0 heterocycles. The monoisotopic (exact) mass is 475 g/mol. The van der Waals surface area contributed by atoms with Crippen molar-refractivity contribution in [2.75, 3.05) is 14.1 Å². The second kappa shape index (κ2) is 13.8. The van der Waals surface area contributed by atoms with Gasteiger partial charge in [0, 0.05) is 20.1 Å². The molecule has 0 radical (unpaired) electrons. The van der Waals surface area contributed by atoms with Gasteiger partial charge in [-0.3, -0.25) is 4.79 Å². The molecule has 0 spiro atoms. The number of amides is 1. The molecule has 2 N–H and O–H groups in total. The highest BCUT2D eigenvalue weighted by Crippen LogP contribution is 2.30. The molecule has 1 aliphatic carbocycles. The van der Waals surface area contributed by atoms with E-state index >= 15 is 0 Å². The molecule has 0 fully saturated rings. The average Bonchev–Trinajstić information content (AvgIpc) is 2.85. The fourth-order valence-electron chi connectivity index (χ4n) is 4.64. The zero-order valence-corrected chi connectivity index (χ0v) is 22.8. The van der Waals surface area contributed by atoms with Gasteiger partial charge in [-0.25, -0.2) is 0 Å². The lowest BCUT2D eigenvalue weighted by Crippen LogP contribution is -2.47. The van der Waals surface area contributed by atoms with Crippen molar-refractivity contribution in [2.24, 2.45) is 0 Å². The third-order valence-corrected chi connectivity index (χ3v) is 7.04. The predicted molar refractivity (Wildman–Crippen MR) is 150 cm³/mol. The van der Waals surface area contributed by atoms with Gasteiger partial charge in [0.05, 0.1) is 11.1 Å². The number of carbonyl (C=O) groups is 1. The number of allylic oxidation sites excluding steroid dienone is 6. The zero-order valence-electron chi connectivity index (χ0n) is 22.8. The van der Waals surface area contributed by atoms with Crippen molar-refractivity contribution >= 4 is 5.91 Å². The molecule has 2 rings (SSSR count). The Morgan fingerprint density at radius 1 is 1.09 bits per heavy atom. The minimum Gasteiger partial charge on any atom is -0.365 e. The smallest absolute Gasteiger partial charge is 0.255 e. The summed E-state index contributed by atoms with van der Waals surface area (Å²) >= 11 is 0. The summed E-state index contributed by atoms with van der Waals surface area (Å²) in [5.41, 5.74) is 3.72. The first-order chi connectivity index (χ1) is 16.8. The Kier molecular flexibility index (Phi) is 11.1. The van der Waals surface area contributed by atoms with Crippen molar-refractivity contribution in [3.05, 3.63) is 94.9 Å². The molecule has 0 aromatic heterocycles. The van der Waals surface area contributed by atoms with E-state index in [1.807, 2.05) is 57.1 Å². The highest BCUT2D eigenvalue weighted by Gasteiger charge is 2.33. The third kappa shape index (κ3) is 7.24. The van der Waals surface area contributed by atoms with Crippen molar-refractivity contribution in [3.8, 4) is 0 Å². The Morgan fingerprint density at radius 2 is 1.74 bits per heavy atom. The van der Waals surface area contributed by atoms with Gasteiger partial charge in [-0.05, 0) is 62.7 Å². The van der Waals surface area contributed by atoms with Gasteiger partial charge >= 0.3 is 0 Å². The Balaban J connectivity index is 2.52. The van der Waals surface area contributed by atoms with E-state index in [-0.39, 0.29) is 11.9 Å². The van der Waals surface area contributed by atoms with Crippen LogP contribution in [0.5, 0.6) is 0 Å². The molecule has 4 nitrogen and oxygen atoms in total. The topological polar surface area (TPSA) is 44.4 Å². The maximum Gasteiger partial charge on any atom is 0.255 e. The van der Waals surface area contributed by atoms with Crippen molar-refractivity contribution in [1.82, 2.24) is 15.5 Å². The number of hydrogen-bond donors (Lipinski definition) is 2. The van der Waals surface area contributed by atoms with Crippen LogP contribution >= 0.6 is 0 Å². The van der Waals surface area contributed by atoms with Crippen LogP contribution in [0.15, 0.2) is 89.3 Å². The van der Waals surface area contributed by atoms with E-state index in [0.29, 0.717) is 5.57 Å². The summed E-state index contributed by atoms with van der Waals surface area (Å²) in [7, 11) is 4.01. The second-order valence-electron chi connectivity index (χ2n) is 9.38. The minimum absolute atomic E-state index is 0.0475. The maximum atomic E-state index is 14.0. The summed E-state index contributed by atoms with van der Waals surface area (Å²) in [6.07, 6.45) is 17.3. The Bertz CT molecular complexity index is 976. The number of nitrogens with zero attached hydrogens (tertiary/aromatic N) is 1. The molecular formula is C31H45N3O. The normalized spacial score (nSPS) is 19.3. The molecule has 0 saturated carbocycles.